The van der Waals surface area contributed by atoms with Gasteiger partial charge in [-0.25, -0.2) is 4.98 Å². The maximum atomic E-state index is 13.2. The van der Waals surface area contributed by atoms with E-state index in [2.05, 4.69) is 10.1 Å². The number of nitrogens with zero attached hydrogens (tertiary/aromatic N) is 4. The minimum Gasteiger partial charge on any atom is -0.336 e. The fourth-order valence-electron chi connectivity index (χ4n) is 3.66. The number of halogens is 3. The van der Waals surface area contributed by atoms with Crippen LogP contribution in [-0.2, 0) is 13.2 Å². The maximum absolute atomic E-state index is 13.2. The Hall–Kier alpha value is -2.90. The van der Waals surface area contributed by atoms with Gasteiger partial charge in [0.25, 0.3) is 5.91 Å². The fraction of sp³-hybridized carbons (Fsp3) is 0.350. The number of pyridine rings is 1. The van der Waals surface area contributed by atoms with Gasteiger partial charge in [-0.2, -0.15) is 18.3 Å². The van der Waals surface area contributed by atoms with Crippen LogP contribution in [0, 0.1) is 0 Å². The predicted molar refractivity (Wildman–Crippen MR) is 98.7 cm³/mol. The van der Waals surface area contributed by atoms with Gasteiger partial charge in [0.15, 0.2) is 5.65 Å². The van der Waals surface area contributed by atoms with Crippen molar-refractivity contribution < 1.29 is 18.0 Å². The van der Waals surface area contributed by atoms with Gasteiger partial charge in [-0.05, 0) is 38.0 Å². The van der Waals surface area contributed by atoms with E-state index in [1.54, 1.807) is 24.0 Å². The minimum absolute atomic E-state index is 0.0986. The summed E-state index contributed by atoms with van der Waals surface area (Å²) in [5, 5.41) is 4.84. The van der Waals surface area contributed by atoms with E-state index in [-0.39, 0.29) is 11.9 Å². The van der Waals surface area contributed by atoms with Crippen LogP contribution in [0.3, 0.4) is 0 Å². The molecule has 0 spiro atoms. The van der Waals surface area contributed by atoms with Crippen molar-refractivity contribution in [2.45, 2.75) is 32.0 Å². The number of carbonyl (C=O) groups is 1. The molecule has 0 radical (unpaired) electrons. The Bertz CT molecular complexity index is 1040. The summed E-state index contributed by atoms with van der Waals surface area (Å²) >= 11 is 0. The third-order valence-corrected chi connectivity index (χ3v) is 5.26. The number of rotatable bonds is 2. The molecule has 1 saturated heterocycles. The van der Waals surface area contributed by atoms with Crippen molar-refractivity contribution in [1.82, 2.24) is 19.7 Å². The molecule has 1 aliphatic heterocycles. The lowest BCUT2D eigenvalue weighted by Gasteiger charge is -2.22. The van der Waals surface area contributed by atoms with Crippen LogP contribution in [0.1, 0.15) is 35.7 Å². The first-order valence-corrected chi connectivity index (χ1v) is 9.07. The van der Waals surface area contributed by atoms with Crippen molar-refractivity contribution in [3.8, 4) is 11.3 Å². The van der Waals surface area contributed by atoms with Crippen molar-refractivity contribution in [2.75, 3.05) is 6.54 Å². The Morgan fingerprint density at radius 2 is 1.93 bits per heavy atom. The topological polar surface area (TPSA) is 51.0 Å². The lowest BCUT2D eigenvalue weighted by molar-refractivity contribution is -0.137. The number of hydrogen-bond acceptors (Lipinski definition) is 3. The molecule has 1 amide bonds. The second kappa shape index (κ2) is 6.61. The second-order valence-electron chi connectivity index (χ2n) is 7.13. The van der Waals surface area contributed by atoms with Crippen molar-refractivity contribution in [3.63, 3.8) is 0 Å². The molecule has 0 bridgehead atoms. The standard InChI is InChI=1S/C20H19F3N4O/c1-12-4-3-9-27(12)19(28)15-10-17(25-18-16(15)11-24-26(18)2)13-5-7-14(8-6-13)20(21,22)23/h5-8,10-12H,3-4,9H2,1-2H3. The maximum Gasteiger partial charge on any atom is 0.416 e. The zero-order valence-electron chi connectivity index (χ0n) is 15.5. The molecule has 4 rings (SSSR count). The minimum atomic E-state index is -4.40. The van der Waals surface area contributed by atoms with Gasteiger partial charge in [0.2, 0.25) is 0 Å². The Balaban J connectivity index is 1.82. The Labute approximate surface area is 159 Å². The second-order valence-corrected chi connectivity index (χ2v) is 7.13. The van der Waals surface area contributed by atoms with Crippen LogP contribution >= 0.6 is 0 Å². The molecule has 3 heterocycles. The van der Waals surface area contributed by atoms with E-state index in [1.807, 2.05) is 11.8 Å². The summed E-state index contributed by atoms with van der Waals surface area (Å²) in [4.78, 5) is 19.5. The van der Waals surface area contributed by atoms with Gasteiger partial charge < -0.3 is 4.90 Å². The van der Waals surface area contributed by atoms with Crippen LogP contribution in [0.4, 0.5) is 13.2 Å². The smallest absolute Gasteiger partial charge is 0.336 e. The molecule has 28 heavy (non-hydrogen) atoms. The average molecular weight is 388 g/mol. The highest BCUT2D eigenvalue weighted by Crippen LogP contribution is 2.32. The molecular weight excluding hydrogens is 369 g/mol. The van der Waals surface area contributed by atoms with Crippen molar-refractivity contribution in [3.05, 3.63) is 47.7 Å². The molecule has 1 aliphatic rings. The molecule has 1 aromatic carbocycles. The van der Waals surface area contributed by atoms with E-state index in [1.165, 1.54) is 12.1 Å². The molecule has 1 fully saturated rings. The number of carbonyl (C=O) groups excluding carboxylic acids is 1. The summed E-state index contributed by atoms with van der Waals surface area (Å²) in [6.07, 6.45) is -0.878. The van der Waals surface area contributed by atoms with Crippen LogP contribution < -0.4 is 0 Å². The van der Waals surface area contributed by atoms with Gasteiger partial charge in [0.05, 0.1) is 28.4 Å². The van der Waals surface area contributed by atoms with Crippen molar-refractivity contribution in [2.24, 2.45) is 7.05 Å². The van der Waals surface area contributed by atoms with Gasteiger partial charge in [-0.1, -0.05) is 12.1 Å². The first-order valence-electron chi connectivity index (χ1n) is 9.07. The molecule has 0 N–H and O–H groups in total. The highest BCUT2D eigenvalue weighted by Gasteiger charge is 2.31. The number of benzene rings is 1. The summed E-state index contributed by atoms with van der Waals surface area (Å²) in [5.41, 5.74) is 1.23. The lowest BCUT2D eigenvalue weighted by Crippen LogP contribution is -2.33. The molecule has 5 nitrogen and oxygen atoms in total. The summed E-state index contributed by atoms with van der Waals surface area (Å²) in [5.74, 6) is -0.0986. The van der Waals surface area contributed by atoms with E-state index in [4.69, 9.17) is 0 Å². The third kappa shape index (κ3) is 3.12. The number of alkyl halides is 3. The van der Waals surface area contributed by atoms with Crippen LogP contribution in [0.15, 0.2) is 36.5 Å². The first-order chi connectivity index (χ1) is 13.3. The normalized spacial score (nSPS) is 17.5. The molecule has 2 aromatic heterocycles. The van der Waals surface area contributed by atoms with Gasteiger partial charge >= 0.3 is 6.18 Å². The highest BCUT2D eigenvalue weighted by atomic mass is 19.4. The molecule has 3 aromatic rings. The van der Waals surface area contributed by atoms with Gasteiger partial charge in [-0.3, -0.25) is 9.48 Å². The van der Waals surface area contributed by atoms with Crippen LogP contribution in [-0.4, -0.2) is 38.2 Å². The molecule has 0 saturated carbocycles. The van der Waals surface area contributed by atoms with E-state index < -0.39 is 11.7 Å². The van der Waals surface area contributed by atoms with Gasteiger partial charge in [0, 0.05) is 25.2 Å². The van der Waals surface area contributed by atoms with Crippen molar-refractivity contribution in [1.29, 1.82) is 0 Å². The Morgan fingerprint density at radius 3 is 2.54 bits per heavy atom. The van der Waals surface area contributed by atoms with Crippen LogP contribution in [0.2, 0.25) is 0 Å². The summed E-state index contributed by atoms with van der Waals surface area (Å²) < 4.78 is 40.1. The van der Waals surface area contributed by atoms with E-state index in [0.717, 1.165) is 25.0 Å². The highest BCUT2D eigenvalue weighted by molar-refractivity contribution is 6.06. The number of likely N-dealkylation sites (tertiary alicyclic amines) is 1. The van der Waals surface area contributed by atoms with Crippen LogP contribution in [0.5, 0.6) is 0 Å². The quantitative estimate of drug-likeness (QED) is 0.659. The molecule has 146 valence electrons. The van der Waals surface area contributed by atoms with E-state index in [0.29, 0.717) is 34.4 Å². The molecule has 1 atom stereocenters. The van der Waals surface area contributed by atoms with Gasteiger partial charge in [-0.15, -0.1) is 0 Å². The zero-order chi connectivity index (χ0) is 20.1. The Kier molecular flexibility index (Phi) is 4.36. The van der Waals surface area contributed by atoms with E-state index >= 15 is 0 Å². The fourth-order valence-corrected chi connectivity index (χ4v) is 3.66. The number of amides is 1. The summed E-state index contributed by atoms with van der Waals surface area (Å²) in [7, 11) is 1.72. The summed E-state index contributed by atoms with van der Waals surface area (Å²) in [6.45, 7) is 2.71. The Morgan fingerprint density at radius 1 is 1.21 bits per heavy atom. The largest absolute Gasteiger partial charge is 0.416 e. The number of aromatic nitrogens is 3. The lowest BCUT2D eigenvalue weighted by atomic mass is 10.0. The SMILES string of the molecule is CC1CCCN1C(=O)c1cc(-c2ccc(C(F)(F)F)cc2)nc2c1cnn2C. The predicted octanol–water partition coefficient (Wildman–Crippen LogP) is 4.28. The van der Waals surface area contributed by atoms with Crippen LogP contribution in [0.25, 0.3) is 22.3 Å². The third-order valence-electron chi connectivity index (χ3n) is 5.26. The van der Waals surface area contributed by atoms with E-state index in [9.17, 15) is 18.0 Å². The monoisotopic (exact) mass is 388 g/mol. The zero-order valence-corrected chi connectivity index (χ0v) is 15.5. The van der Waals surface area contributed by atoms with Gasteiger partial charge in [0.1, 0.15) is 0 Å². The molecule has 8 heteroatoms. The van der Waals surface area contributed by atoms with Crippen molar-refractivity contribution >= 4 is 16.9 Å². The number of fused-ring (bicyclic) bond motifs is 1. The first kappa shape index (κ1) is 18.5. The number of aryl methyl sites for hydroxylation is 1. The molecular formula is C20H19F3N4O. The number of hydrogen-bond donors (Lipinski definition) is 0. The molecule has 0 aliphatic carbocycles. The molecule has 1 unspecified atom stereocenters. The average Bonchev–Trinajstić information content (AvgIpc) is 3.26. The summed E-state index contributed by atoms with van der Waals surface area (Å²) in [6, 6.07) is 6.60.